The highest BCUT2D eigenvalue weighted by Gasteiger charge is 2.11. The molecule has 0 aliphatic rings. The molecule has 0 radical (unpaired) electrons. The van der Waals surface area contributed by atoms with Gasteiger partial charge in [0.25, 0.3) is 0 Å². The normalized spacial score (nSPS) is 12.7. The average molecular weight is 237 g/mol. The quantitative estimate of drug-likeness (QED) is 0.695. The van der Waals surface area contributed by atoms with Crippen LogP contribution < -0.4 is 5.73 Å². The molecule has 2 N–H and O–H groups in total. The second kappa shape index (κ2) is 4.18. The van der Waals surface area contributed by atoms with Crippen LogP contribution in [0.25, 0.3) is 10.9 Å². The summed E-state index contributed by atoms with van der Waals surface area (Å²) in [5.74, 6) is 0. The second-order valence-electron chi connectivity index (χ2n) is 4.49. The fourth-order valence-electron chi connectivity index (χ4n) is 2.26. The molecule has 1 aromatic heterocycles. The number of rotatable bonds is 2. The SMILES string of the molecule is CC(c1cccc(N)c1)n1ncc2ccccc21. The number of nitrogen functional groups attached to an aromatic ring is 1. The standard InChI is InChI=1S/C15H15N3/c1-11(12-6-4-7-14(16)9-12)18-15-8-3-2-5-13(15)10-17-18/h2-11H,16H2,1H3. The Balaban J connectivity index is 2.09. The smallest absolute Gasteiger partial charge is 0.0748 e. The monoisotopic (exact) mass is 237 g/mol. The second-order valence-corrected chi connectivity index (χ2v) is 4.49. The Kier molecular flexibility index (Phi) is 2.52. The van der Waals surface area contributed by atoms with E-state index >= 15 is 0 Å². The lowest BCUT2D eigenvalue weighted by Gasteiger charge is -2.14. The molecule has 90 valence electrons. The lowest BCUT2D eigenvalue weighted by Crippen LogP contribution is -2.08. The van der Waals surface area contributed by atoms with Crippen molar-refractivity contribution in [3.8, 4) is 0 Å². The first-order chi connectivity index (χ1) is 8.75. The molecule has 0 fully saturated rings. The number of fused-ring (bicyclic) bond motifs is 1. The van der Waals surface area contributed by atoms with E-state index in [2.05, 4.69) is 30.2 Å². The van der Waals surface area contributed by atoms with Crippen LogP contribution in [0, 0.1) is 0 Å². The van der Waals surface area contributed by atoms with Crippen LogP contribution in [0.3, 0.4) is 0 Å². The Labute approximate surface area is 106 Å². The van der Waals surface area contributed by atoms with Gasteiger partial charge in [-0.25, -0.2) is 0 Å². The third kappa shape index (κ3) is 1.74. The first kappa shape index (κ1) is 10.8. The summed E-state index contributed by atoms with van der Waals surface area (Å²) >= 11 is 0. The highest BCUT2D eigenvalue weighted by atomic mass is 15.3. The fraction of sp³-hybridized carbons (Fsp3) is 0.133. The number of hydrogen-bond acceptors (Lipinski definition) is 2. The number of aromatic nitrogens is 2. The van der Waals surface area contributed by atoms with Crippen LogP contribution in [0.4, 0.5) is 5.69 Å². The molecule has 0 saturated carbocycles. The van der Waals surface area contributed by atoms with E-state index in [1.807, 2.05) is 41.2 Å². The molecule has 1 heterocycles. The van der Waals surface area contributed by atoms with Gasteiger partial charge in [0, 0.05) is 11.1 Å². The van der Waals surface area contributed by atoms with Crippen molar-refractivity contribution in [2.75, 3.05) is 5.73 Å². The van der Waals surface area contributed by atoms with Crippen LogP contribution >= 0.6 is 0 Å². The Morgan fingerprint density at radius 1 is 1.11 bits per heavy atom. The minimum Gasteiger partial charge on any atom is -0.399 e. The molecule has 0 spiro atoms. The molecule has 3 aromatic rings. The fourth-order valence-corrected chi connectivity index (χ4v) is 2.26. The minimum absolute atomic E-state index is 0.174. The summed E-state index contributed by atoms with van der Waals surface area (Å²) in [7, 11) is 0. The van der Waals surface area contributed by atoms with E-state index < -0.39 is 0 Å². The lowest BCUT2D eigenvalue weighted by atomic mass is 10.1. The number of nitrogens with two attached hydrogens (primary N) is 1. The molecule has 3 rings (SSSR count). The summed E-state index contributed by atoms with van der Waals surface area (Å²) < 4.78 is 2.03. The van der Waals surface area contributed by atoms with Crippen molar-refractivity contribution in [1.82, 2.24) is 9.78 Å². The molecule has 3 nitrogen and oxygen atoms in total. The van der Waals surface area contributed by atoms with Gasteiger partial charge in [-0.05, 0) is 30.7 Å². The Hall–Kier alpha value is -2.29. The number of benzene rings is 2. The highest BCUT2D eigenvalue weighted by molar-refractivity contribution is 5.78. The van der Waals surface area contributed by atoms with Gasteiger partial charge in [0.2, 0.25) is 0 Å². The molecule has 2 aromatic carbocycles. The molecule has 0 amide bonds. The molecule has 3 heteroatoms. The third-order valence-corrected chi connectivity index (χ3v) is 3.26. The number of hydrogen-bond donors (Lipinski definition) is 1. The van der Waals surface area contributed by atoms with Crippen LogP contribution in [0.15, 0.2) is 54.7 Å². The van der Waals surface area contributed by atoms with E-state index in [9.17, 15) is 0 Å². The molecule has 0 bridgehead atoms. The topological polar surface area (TPSA) is 43.8 Å². The summed E-state index contributed by atoms with van der Waals surface area (Å²) in [6.45, 7) is 2.13. The predicted octanol–water partition coefficient (Wildman–Crippen LogP) is 3.23. The van der Waals surface area contributed by atoms with Gasteiger partial charge in [-0.1, -0.05) is 30.3 Å². The molecule has 0 aliphatic heterocycles. The molecule has 0 aliphatic carbocycles. The van der Waals surface area contributed by atoms with Crippen LogP contribution in [0.5, 0.6) is 0 Å². The summed E-state index contributed by atoms with van der Waals surface area (Å²) in [4.78, 5) is 0. The van der Waals surface area contributed by atoms with Crippen molar-refractivity contribution >= 4 is 16.6 Å². The average Bonchev–Trinajstić information content (AvgIpc) is 2.82. The van der Waals surface area contributed by atoms with E-state index in [-0.39, 0.29) is 6.04 Å². The Bertz CT molecular complexity index is 685. The van der Waals surface area contributed by atoms with E-state index in [0.717, 1.165) is 16.6 Å². The molecular weight excluding hydrogens is 222 g/mol. The van der Waals surface area contributed by atoms with Crippen molar-refractivity contribution in [3.63, 3.8) is 0 Å². The van der Waals surface area contributed by atoms with Crippen LogP contribution in [0.2, 0.25) is 0 Å². The van der Waals surface area contributed by atoms with Gasteiger partial charge in [-0.3, -0.25) is 4.68 Å². The van der Waals surface area contributed by atoms with Gasteiger partial charge in [0.1, 0.15) is 0 Å². The molecule has 18 heavy (non-hydrogen) atoms. The minimum atomic E-state index is 0.174. The summed E-state index contributed by atoms with van der Waals surface area (Å²) in [6.07, 6.45) is 1.90. The van der Waals surface area contributed by atoms with E-state index in [1.165, 1.54) is 5.56 Å². The number of para-hydroxylation sites is 1. The van der Waals surface area contributed by atoms with Gasteiger partial charge >= 0.3 is 0 Å². The van der Waals surface area contributed by atoms with Crippen molar-refractivity contribution in [1.29, 1.82) is 0 Å². The van der Waals surface area contributed by atoms with Crippen LogP contribution in [0.1, 0.15) is 18.5 Å². The van der Waals surface area contributed by atoms with E-state index in [0.29, 0.717) is 0 Å². The summed E-state index contributed by atoms with van der Waals surface area (Å²) in [6, 6.07) is 16.4. The molecule has 0 saturated heterocycles. The van der Waals surface area contributed by atoms with Gasteiger partial charge in [-0.2, -0.15) is 5.10 Å². The predicted molar refractivity (Wildman–Crippen MR) is 74.4 cm³/mol. The van der Waals surface area contributed by atoms with Crippen molar-refractivity contribution < 1.29 is 0 Å². The Morgan fingerprint density at radius 3 is 2.78 bits per heavy atom. The van der Waals surface area contributed by atoms with Gasteiger partial charge < -0.3 is 5.73 Å². The maximum atomic E-state index is 5.83. The van der Waals surface area contributed by atoms with E-state index in [4.69, 9.17) is 5.73 Å². The van der Waals surface area contributed by atoms with Gasteiger partial charge in [-0.15, -0.1) is 0 Å². The zero-order valence-electron chi connectivity index (χ0n) is 10.2. The maximum absolute atomic E-state index is 5.83. The summed E-state index contributed by atoms with van der Waals surface area (Å²) in [5, 5.41) is 5.64. The van der Waals surface area contributed by atoms with Gasteiger partial charge in [0.15, 0.2) is 0 Å². The van der Waals surface area contributed by atoms with Crippen molar-refractivity contribution in [2.24, 2.45) is 0 Å². The highest BCUT2D eigenvalue weighted by Crippen LogP contribution is 2.23. The van der Waals surface area contributed by atoms with Crippen LogP contribution in [-0.2, 0) is 0 Å². The largest absolute Gasteiger partial charge is 0.399 e. The van der Waals surface area contributed by atoms with Crippen molar-refractivity contribution in [2.45, 2.75) is 13.0 Å². The van der Waals surface area contributed by atoms with Gasteiger partial charge in [0.05, 0.1) is 17.8 Å². The molecule has 1 atom stereocenters. The zero-order chi connectivity index (χ0) is 12.5. The molecule has 1 unspecified atom stereocenters. The lowest BCUT2D eigenvalue weighted by molar-refractivity contribution is 0.584. The van der Waals surface area contributed by atoms with Crippen molar-refractivity contribution in [3.05, 3.63) is 60.3 Å². The number of nitrogens with zero attached hydrogens (tertiary/aromatic N) is 2. The first-order valence-electron chi connectivity index (χ1n) is 6.03. The Morgan fingerprint density at radius 2 is 1.94 bits per heavy atom. The third-order valence-electron chi connectivity index (χ3n) is 3.26. The van der Waals surface area contributed by atoms with E-state index in [1.54, 1.807) is 0 Å². The van der Waals surface area contributed by atoms with Crippen LogP contribution in [-0.4, -0.2) is 9.78 Å². The summed E-state index contributed by atoms with van der Waals surface area (Å²) in [5.41, 5.74) is 8.94. The first-order valence-corrected chi connectivity index (χ1v) is 6.03. The molecular formula is C15H15N3. The zero-order valence-corrected chi connectivity index (χ0v) is 10.2. The number of anilines is 1. The maximum Gasteiger partial charge on any atom is 0.0748 e.